The normalized spacial score (nSPS) is 15.6. The van der Waals surface area contributed by atoms with Gasteiger partial charge in [-0.2, -0.15) is 5.10 Å². The van der Waals surface area contributed by atoms with Gasteiger partial charge in [0.1, 0.15) is 11.9 Å². The number of aryl methyl sites for hydroxylation is 1. The summed E-state index contributed by atoms with van der Waals surface area (Å²) in [5.74, 6) is 0.858. The molecule has 0 aliphatic carbocycles. The quantitative estimate of drug-likeness (QED) is 0.779. The standard InChI is InChI=1S/C18H17N3O/c1-12-11-17-15-5-3-4-6-16(15)19-18(21(17)20-12)13-7-9-14(22-2)10-8-13/h3-11,18-19H,1-2H3/t18-/m1/s1. The zero-order valence-electron chi connectivity index (χ0n) is 12.6. The fraction of sp³-hybridized carbons (Fsp3) is 0.167. The third kappa shape index (κ3) is 1.96. The lowest BCUT2D eigenvalue weighted by molar-refractivity contribution is 0.414. The molecule has 4 rings (SSSR count). The Morgan fingerprint density at radius 2 is 1.86 bits per heavy atom. The van der Waals surface area contributed by atoms with E-state index < -0.39 is 0 Å². The maximum atomic E-state index is 5.24. The van der Waals surface area contributed by atoms with E-state index in [0.717, 1.165) is 28.4 Å². The molecule has 0 radical (unpaired) electrons. The number of benzene rings is 2. The Balaban J connectivity index is 1.84. The predicted octanol–water partition coefficient (Wildman–Crippen LogP) is 3.84. The number of methoxy groups -OCH3 is 1. The maximum Gasteiger partial charge on any atom is 0.147 e. The first-order valence-corrected chi connectivity index (χ1v) is 7.32. The molecule has 0 unspecified atom stereocenters. The van der Waals surface area contributed by atoms with Gasteiger partial charge in [0.15, 0.2) is 0 Å². The summed E-state index contributed by atoms with van der Waals surface area (Å²) < 4.78 is 7.30. The Bertz CT molecular complexity index is 821. The number of hydrogen-bond donors (Lipinski definition) is 1. The van der Waals surface area contributed by atoms with Crippen molar-refractivity contribution < 1.29 is 4.74 Å². The van der Waals surface area contributed by atoms with Crippen molar-refractivity contribution in [2.45, 2.75) is 13.1 Å². The molecule has 4 nitrogen and oxygen atoms in total. The van der Waals surface area contributed by atoms with Crippen LogP contribution in [0.5, 0.6) is 5.75 Å². The number of hydrogen-bond acceptors (Lipinski definition) is 3. The number of nitrogens with one attached hydrogen (secondary N) is 1. The van der Waals surface area contributed by atoms with Gasteiger partial charge in [-0.3, -0.25) is 0 Å². The minimum absolute atomic E-state index is 0.00972. The van der Waals surface area contributed by atoms with Gasteiger partial charge in [0, 0.05) is 11.3 Å². The summed E-state index contributed by atoms with van der Waals surface area (Å²) in [6.07, 6.45) is -0.00972. The van der Waals surface area contributed by atoms with Crippen LogP contribution in [0.25, 0.3) is 11.3 Å². The van der Waals surface area contributed by atoms with Crippen LogP contribution in [0, 0.1) is 6.92 Å². The highest BCUT2D eigenvalue weighted by molar-refractivity contribution is 5.78. The van der Waals surface area contributed by atoms with Gasteiger partial charge in [-0.05, 0) is 36.8 Å². The molecule has 0 amide bonds. The zero-order chi connectivity index (χ0) is 15.1. The minimum atomic E-state index is -0.00972. The predicted molar refractivity (Wildman–Crippen MR) is 87.2 cm³/mol. The van der Waals surface area contributed by atoms with E-state index in [-0.39, 0.29) is 6.17 Å². The van der Waals surface area contributed by atoms with Gasteiger partial charge in [-0.15, -0.1) is 0 Å². The molecule has 2 heterocycles. The third-order valence-corrected chi connectivity index (χ3v) is 4.03. The summed E-state index contributed by atoms with van der Waals surface area (Å²) in [6.45, 7) is 2.03. The Hall–Kier alpha value is -2.75. The molecular weight excluding hydrogens is 274 g/mol. The number of ether oxygens (including phenoxy) is 1. The van der Waals surface area contributed by atoms with Crippen molar-refractivity contribution in [1.82, 2.24) is 9.78 Å². The van der Waals surface area contributed by atoms with E-state index >= 15 is 0 Å². The number of fused-ring (bicyclic) bond motifs is 3. The molecular formula is C18H17N3O. The lowest BCUT2D eigenvalue weighted by Crippen LogP contribution is -2.25. The molecule has 2 aromatic carbocycles. The molecule has 3 aromatic rings. The van der Waals surface area contributed by atoms with Crippen molar-refractivity contribution in [1.29, 1.82) is 0 Å². The monoisotopic (exact) mass is 291 g/mol. The number of anilines is 1. The largest absolute Gasteiger partial charge is 0.497 e. The van der Waals surface area contributed by atoms with Gasteiger partial charge in [-0.1, -0.05) is 30.3 Å². The van der Waals surface area contributed by atoms with Crippen molar-refractivity contribution in [3.63, 3.8) is 0 Å². The molecule has 0 fully saturated rings. The van der Waals surface area contributed by atoms with Gasteiger partial charge < -0.3 is 10.1 Å². The van der Waals surface area contributed by atoms with Crippen LogP contribution in [-0.4, -0.2) is 16.9 Å². The number of nitrogens with zero attached hydrogens (tertiary/aromatic N) is 2. The molecule has 0 spiro atoms. The van der Waals surface area contributed by atoms with Gasteiger partial charge in [0.25, 0.3) is 0 Å². The molecule has 110 valence electrons. The zero-order valence-corrected chi connectivity index (χ0v) is 12.6. The molecule has 1 atom stereocenters. The summed E-state index contributed by atoms with van der Waals surface area (Å²) >= 11 is 0. The number of rotatable bonds is 2. The van der Waals surface area contributed by atoms with Crippen molar-refractivity contribution in [3.05, 3.63) is 65.9 Å². The fourth-order valence-corrected chi connectivity index (χ4v) is 2.97. The van der Waals surface area contributed by atoms with E-state index in [2.05, 4.69) is 57.6 Å². The van der Waals surface area contributed by atoms with Crippen LogP contribution in [0.2, 0.25) is 0 Å². The fourth-order valence-electron chi connectivity index (χ4n) is 2.97. The highest BCUT2D eigenvalue weighted by Gasteiger charge is 2.25. The second-order valence-electron chi connectivity index (χ2n) is 5.48. The highest BCUT2D eigenvalue weighted by Crippen LogP contribution is 2.38. The smallest absolute Gasteiger partial charge is 0.147 e. The number of aromatic nitrogens is 2. The van der Waals surface area contributed by atoms with Crippen molar-refractivity contribution >= 4 is 5.69 Å². The summed E-state index contributed by atoms with van der Waals surface area (Å²) in [5.41, 5.74) is 5.64. The Labute approximate surface area is 129 Å². The van der Waals surface area contributed by atoms with E-state index in [1.807, 2.05) is 19.1 Å². The molecule has 1 N–H and O–H groups in total. The van der Waals surface area contributed by atoms with Gasteiger partial charge >= 0.3 is 0 Å². The van der Waals surface area contributed by atoms with Crippen LogP contribution in [-0.2, 0) is 0 Å². The lowest BCUT2D eigenvalue weighted by Gasteiger charge is -2.29. The van der Waals surface area contributed by atoms with Crippen LogP contribution >= 0.6 is 0 Å². The number of para-hydroxylation sites is 1. The summed E-state index contributed by atoms with van der Waals surface area (Å²) in [4.78, 5) is 0. The summed E-state index contributed by atoms with van der Waals surface area (Å²) in [6, 6.07) is 18.6. The molecule has 4 heteroatoms. The molecule has 0 bridgehead atoms. The van der Waals surface area contributed by atoms with Gasteiger partial charge in [0.05, 0.1) is 18.5 Å². The summed E-state index contributed by atoms with van der Waals surface area (Å²) in [7, 11) is 1.68. The van der Waals surface area contributed by atoms with Crippen LogP contribution in [0.4, 0.5) is 5.69 Å². The molecule has 0 saturated heterocycles. The first-order valence-electron chi connectivity index (χ1n) is 7.32. The molecule has 0 saturated carbocycles. The SMILES string of the molecule is COc1ccc([C@@H]2Nc3ccccc3-c3cc(C)nn32)cc1. The minimum Gasteiger partial charge on any atom is -0.497 e. The van der Waals surface area contributed by atoms with Crippen LogP contribution in [0.15, 0.2) is 54.6 Å². The van der Waals surface area contributed by atoms with Crippen LogP contribution < -0.4 is 10.1 Å². The molecule has 1 aromatic heterocycles. The van der Waals surface area contributed by atoms with Crippen molar-refractivity contribution in [2.24, 2.45) is 0 Å². The second kappa shape index (κ2) is 4.91. The van der Waals surface area contributed by atoms with E-state index in [4.69, 9.17) is 4.74 Å². The highest BCUT2D eigenvalue weighted by atomic mass is 16.5. The topological polar surface area (TPSA) is 39.1 Å². The maximum absolute atomic E-state index is 5.24. The van der Waals surface area contributed by atoms with E-state index in [1.165, 1.54) is 5.56 Å². The lowest BCUT2D eigenvalue weighted by atomic mass is 10.0. The Kier molecular flexibility index (Phi) is 2.89. The Morgan fingerprint density at radius 1 is 1.09 bits per heavy atom. The first-order chi connectivity index (χ1) is 10.8. The van der Waals surface area contributed by atoms with Crippen LogP contribution in [0.1, 0.15) is 17.4 Å². The third-order valence-electron chi connectivity index (χ3n) is 4.03. The van der Waals surface area contributed by atoms with Crippen molar-refractivity contribution in [2.75, 3.05) is 12.4 Å². The Morgan fingerprint density at radius 3 is 2.64 bits per heavy atom. The second-order valence-corrected chi connectivity index (χ2v) is 5.48. The average molecular weight is 291 g/mol. The van der Waals surface area contributed by atoms with Crippen LogP contribution in [0.3, 0.4) is 0 Å². The van der Waals surface area contributed by atoms with E-state index in [9.17, 15) is 0 Å². The first kappa shape index (κ1) is 13.0. The average Bonchev–Trinajstić information content (AvgIpc) is 2.96. The van der Waals surface area contributed by atoms with E-state index in [0.29, 0.717) is 0 Å². The van der Waals surface area contributed by atoms with E-state index in [1.54, 1.807) is 7.11 Å². The van der Waals surface area contributed by atoms with Gasteiger partial charge in [0.2, 0.25) is 0 Å². The van der Waals surface area contributed by atoms with Crippen molar-refractivity contribution in [3.8, 4) is 17.0 Å². The molecule has 1 aliphatic rings. The van der Waals surface area contributed by atoms with Gasteiger partial charge in [-0.25, -0.2) is 4.68 Å². The molecule has 1 aliphatic heterocycles. The molecule has 22 heavy (non-hydrogen) atoms. The summed E-state index contributed by atoms with van der Waals surface area (Å²) in [5, 5.41) is 8.25.